The Balaban J connectivity index is 2.19. The van der Waals surface area contributed by atoms with Crippen LogP contribution in [0.4, 0.5) is 5.69 Å². The SMILES string of the molecule is CC(C)(C)COC(CN1C(=O)CCC1=O)c1ccc([N+](=O)[O-])cc1. The highest BCUT2D eigenvalue weighted by Crippen LogP contribution is 2.26. The third-order valence-electron chi connectivity index (χ3n) is 3.70. The van der Waals surface area contributed by atoms with Crippen LogP contribution in [-0.2, 0) is 14.3 Å². The van der Waals surface area contributed by atoms with Gasteiger partial charge in [0.2, 0.25) is 11.8 Å². The number of hydrogen-bond donors (Lipinski definition) is 0. The summed E-state index contributed by atoms with van der Waals surface area (Å²) in [4.78, 5) is 35.2. The van der Waals surface area contributed by atoms with Crippen molar-refractivity contribution in [3.05, 3.63) is 39.9 Å². The van der Waals surface area contributed by atoms with Gasteiger partial charge < -0.3 is 4.74 Å². The van der Waals surface area contributed by atoms with Gasteiger partial charge in [-0.1, -0.05) is 20.8 Å². The molecule has 24 heavy (non-hydrogen) atoms. The van der Waals surface area contributed by atoms with Crippen LogP contribution in [0.5, 0.6) is 0 Å². The fourth-order valence-electron chi connectivity index (χ4n) is 2.41. The fourth-order valence-corrected chi connectivity index (χ4v) is 2.41. The predicted octanol–water partition coefficient (Wildman–Crippen LogP) is 2.85. The van der Waals surface area contributed by atoms with E-state index >= 15 is 0 Å². The third kappa shape index (κ3) is 4.61. The molecule has 2 amide bonds. The molecule has 0 spiro atoms. The first-order valence-electron chi connectivity index (χ1n) is 7.86. The molecule has 0 radical (unpaired) electrons. The largest absolute Gasteiger partial charge is 0.371 e. The summed E-state index contributed by atoms with van der Waals surface area (Å²) in [7, 11) is 0. The van der Waals surface area contributed by atoms with Gasteiger partial charge in [0.25, 0.3) is 5.69 Å². The van der Waals surface area contributed by atoms with Crippen LogP contribution in [0.2, 0.25) is 0 Å². The second-order valence-electron chi connectivity index (χ2n) is 7.11. The molecule has 1 aromatic rings. The predicted molar refractivity (Wildman–Crippen MR) is 87.2 cm³/mol. The number of ether oxygens (including phenoxy) is 1. The van der Waals surface area contributed by atoms with Gasteiger partial charge in [0.1, 0.15) is 6.10 Å². The Hall–Kier alpha value is -2.28. The lowest BCUT2D eigenvalue weighted by molar-refractivity contribution is -0.384. The highest BCUT2D eigenvalue weighted by molar-refractivity contribution is 6.01. The molecule has 1 aliphatic heterocycles. The molecular formula is C17H22N2O5. The molecule has 1 unspecified atom stereocenters. The maximum Gasteiger partial charge on any atom is 0.269 e. The third-order valence-corrected chi connectivity index (χ3v) is 3.70. The Morgan fingerprint density at radius 3 is 2.17 bits per heavy atom. The van der Waals surface area contributed by atoms with Gasteiger partial charge in [-0.05, 0) is 23.1 Å². The van der Waals surface area contributed by atoms with Crippen molar-refractivity contribution in [1.82, 2.24) is 4.90 Å². The Morgan fingerprint density at radius 1 is 1.17 bits per heavy atom. The van der Waals surface area contributed by atoms with Gasteiger partial charge in [-0.2, -0.15) is 0 Å². The molecule has 1 fully saturated rings. The van der Waals surface area contributed by atoms with E-state index in [4.69, 9.17) is 4.74 Å². The number of likely N-dealkylation sites (tertiary alicyclic amines) is 1. The fraction of sp³-hybridized carbons (Fsp3) is 0.529. The maximum absolute atomic E-state index is 11.9. The van der Waals surface area contributed by atoms with E-state index in [1.165, 1.54) is 17.0 Å². The minimum Gasteiger partial charge on any atom is -0.371 e. The zero-order chi connectivity index (χ0) is 17.9. The quantitative estimate of drug-likeness (QED) is 0.453. The average Bonchev–Trinajstić information content (AvgIpc) is 2.82. The van der Waals surface area contributed by atoms with Gasteiger partial charge in [-0.25, -0.2) is 0 Å². The molecule has 0 aromatic heterocycles. The molecule has 0 aliphatic carbocycles. The highest BCUT2D eigenvalue weighted by Gasteiger charge is 2.32. The molecule has 1 aliphatic rings. The number of amides is 2. The van der Waals surface area contributed by atoms with Crippen LogP contribution in [0, 0.1) is 15.5 Å². The van der Waals surface area contributed by atoms with Crippen molar-refractivity contribution in [3.8, 4) is 0 Å². The molecule has 0 bridgehead atoms. The molecular weight excluding hydrogens is 312 g/mol. The molecule has 7 nitrogen and oxygen atoms in total. The highest BCUT2D eigenvalue weighted by atomic mass is 16.6. The molecule has 1 saturated heterocycles. The number of benzene rings is 1. The number of carbonyl (C=O) groups excluding carboxylic acids is 2. The van der Waals surface area contributed by atoms with Gasteiger partial charge in [0, 0.05) is 25.0 Å². The summed E-state index contributed by atoms with van der Waals surface area (Å²) >= 11 is 0. The first-order chi connectivity index (χ1) is 11.2. The molecule has 0 saturated carbocycles. The molecule has 1 aromatic carbocycles. The lowest BCUT2D eigenvalue weighted by atomic mass is 9.98. The summed E-state index contributed by atoms with van der Waals surface area (Å²) in [5, 5.41) is 10.8. The van der Waals surface area contributed by atoms with E-state index in [-0.39, 0.29) is 42.3 Å². The summed E-state index contributed by atoms with van der Waals surface area (Å²) in [5.41, 5.74) is 0.608. The number of hydrogen-bond acceptors (Lipinski definition) is 5. The lowest BCUT2D eigenvalue weighted by Crippen LogP contribution is -2.35. The van der Waals surface area contributed by atoms with Gasteiger partial charge in [-0.3, -0.25) is 24.6 Å². The van der Waals surface area contributed by atoms with E-state index in [0.29, 0.717) is 12.2 Å². The van der Waals surface area contributed by atoms with Crippen molar-refractivity contribution in [2.75, 3.05) is 13.2 Å². The molecule has 7 heteroatoms. The van der Waals surface area contributed by atoms with Gasteiger partial charge in [0.15, 0.2) is 0 Å². The number of imide groups is 1. The number of non-ortho nitro benzene ring substituents is 1. The number of nitrogens with zero attached hydrogens (tertiary/aromatic N) is 2. The minimum atomic E-state index is -0.504. The molecule has 1 heterocycles. The lowest BCUT2D eigenvalue weighted by Gasteiger charge is -2.27. The summed E-state index contributed by atoms with van der Waals surface area (Å²) in [6.45, 7) is 6.63. The Bertz CT molecular complexity index is 617. The van der Waals surface area contributed by atoms with Crippen molar-refractivity contribution < 1.29 is 19.2 Å². The number of nitro benzene ring substituents is 1. The van der Waals surface area contributed by atoms with E-state index in [2.05, 4.69) is 0 Å². The summed E-state index contributed by atoms with van der Waals surface area (Å²) in [6.07, 6.45) is -0.0491. The van der Waals surface area contributed by atoms with Crippen molar-refractivity contribution >= 4 is 17.5 Å². The van der Waals surface area contributed by atoms with Crippen LogP contribution in [0.15, 0.2) is 24.3 Å². The molecule has 2 rings (SSSR count). The molecule has 0 N–H and O–H groups in total. The second-order valence-corrected chi connectivity index (χ2v) is 7.11. The van der Waals surface area contributed by atoms with Crippen molar-refractivity contribution in [3.63, 3.8) is 0 Å². The van der Waals surface area contributed by atoms with Crippen LogP contribution >= 0.6 is 0 Å². The minimum absolute atomic E-state index is 0.0124. The zero-order valence-corrected chi connectivity index (χ0v) is 14.2. The molecule has 130 valence electrons. The Morgan fingerprint density at radius 2 is 1.71 bits per heavy atom. The first-order valence-corrected chi connectivity index (χ1v) is 7.86. The first kappa shape index (κ1) is 18.1. The van der Waals surface area contributed by atoms with Crippen molar-refractivity contribution in [2.24, 2.45) is 5.41 Å². The van der Waals surface area contributed by atoms with Gasteiger partial charge in [0.05, 0.1) is 18.1 Å². The topological polar surface area (TPSA) is 89.8 Å². The van der Waals surface area contributed by atoms with E-state index in [1.54, 1.807) is 12.1 Å². The standard InChI is InChI=1S/C17H22N2O5/c1-17(2,3)11-24-14(10-18-15(20)8-9-16(18)21)12-4-6-13(7-5-12)19(22)23/h4-7,14H,8-11H2,1-3H3. The zero-order valence-electron chi connectivity index (χ0n) is 14.2. The number of rotatable bonds is 6. The Labute approximate surface area is 140 Å². The van der Waals surface area contributed by atoms with Crippen LogP contribution in [0.3, 0.4) is 0 Å². The summed E-state index contributed by atoms with van der Waals surface area (Å²) in [5.74, 6) is -0.405. The van der Waals surface area contributed by atoms with Crippen LogP contribution in [-0.4, -0.2) is 34.8 Å². The van der Waals surface area contributed by atoms with Crippen LogP contribution < -0.4 is 0 Å². The monoisotopic (exact) mass is 334 g/mol. The number of carbonyl (C=O) groups is 2. The van der Waals surface area contributed by atoms with E-state index in [9.17, 15) is 19.7 Å². The van der Waals surface area contributed by atoms with Crippen LogP contribution in [0.25, 0.3) is 0 Å². The van der Waals surface area contributed by atoms with Crippen LogP contribution in [0.1, 0.15) is 45.3 Å². The summed E-state index contributed by atoms with van der Waals surface area (Å²) in [6, 6.07) is 6.01. The summed E-state index contributed by atoms with van der Waals surface area (Å²) < 4.78 is 5.94. The van der Waals surface area contributed by atoms with E-state index < -0.39 is 11.0 Å². The van der Waals surface area contributed by atoms with Crippen molar-refractivity contribution in [1.29, 1.82) is 0 Å². The normalized spacial score (nSPS) is 16.5. The molecule has 1 atom stereocenters. The number of nitro groups is 1. The second kappa shape index (κ2) is 7.09. The average molecular weight is 334 g/mol. The Kier molecular flexibility index (Phi) is 5.33. The van der Waals surface area contributed by atoms with Crippen molar-refractivity contribution in [2.45, 2.75) is 39.7 Å². The maximum atomic E-state index is 11.9. The van der Waals surface area contributed by atoms with Gasteiger partial charge in [-0.15, -0.1) is 0 Å². The van der Waals surface area contributed by atoms with Gasteiger partial charge >= 0.3 is 0 Å². The van der Waals surface area contributed by atoms with E-state index in [1.807, 2.05) is 20.8 Å². The van der Waals surface area contributed by atoms with E-state index in [0.717, 1.165) is 0 Å². The smallest absolute Gasteiger partial charge is 0.269 e.